The van der Waals surface area contributed by atoms with Gasteiger partial charge in [-0.05, 0) is 38.1 Å². The van der Waals surface area contributed by atoms with Gasteiger partial charge in [0, 0.05) is 6.07 Å². The normalized spacial score (nSPS) is 10.6. The molecule has 29 heavy (non-hydrogen) atoms. The van der Waals surface area contributed by atoms with Crippen molar-refractivity contribution in [3.8, 4) is 23.0 Å². The van der Waals surface area contributed by atoms with Crippen LogP contribution in [0, 0.1) is 0 Å². The topological polar surface area (TPSA) is 86.5 Å². The smallest absolute Gasteiger partial charge is 0.277 e. The van der Waals surface area contributed by atoms with E-state index in [4.69, 9.17) is 25.5 Å². The number of carbonyl (C=O) groups excluding carboxylic acids is 1. The third-order valence-corrected chi connectivity index (χ3v) is 4.82. The summed E-state index contributed by atoms with van der Waals surface area (Å²) in [6.07, 6.45) is 0. The average Bonchev–Trinajstić information content (AvgIpc) is 3.18. The van der Waals surface area contributed by atoms with Crippen LogP contribution in [0.3, 0.4) is 0 Å². The Hall–Kier alpha value is -2.71. The van der Waals surface area contributed by atoms with Crippen LogP contribution >= 0.6 is 23.4 Å². The van der Waals surface area contributed by atoms with E-state index in [0.717, 1.165) is 11.8 Å². The fraction of sp³-hybridized carbons (Fsp3) is 0.250. The van der Waals surface area contributed by atoms with E-state index in [9.17, 15) is 4.79 Å². The van der Waals surface area contributed by atoms with Crippen molar-refractivity contribution in [2.45, 2.75) is 19.1 Å². The monoisotopic (exact) mass is 433 g/mol. The maximum Gasteiger partial charge on any atom is 0.277 e. The zero-order valence-electron chi connectivity index (χ0n) is 16.0. The first-order chi connectivity index (χ1) is 14.1. The second kappa shape index (κ2) is 10.2. The molecule has 0 atom stereocenters. The lowest BCUT2D eigenvalue weighted by molar-refractivity contribution is -0.113. The van der Waals surface area contributed by atoms with Crippen molar-refractivity contribution < 1.29 is 18.7 Å². The van der Waals surface area contributed by atoms with E-state index in [1.54, 1.807) is 30.3 Å². The molecule has 0 radical (unpaired) electrons. The summed E-state index contributed by atoms with van der Waals surface area (Å²) in [5.74, 6) is 1.39. The second-order valence-electron chi connectivity index (χ2n) is 5.71. The van der Waals surface area contributed by atoms with E-state index in [1.165, 1.54) is 0 Å². The molecule has 0 bridgehead atoms. The van der Waals surface area contributed by atoms with Crippen molar-refractivity contribution in [2.24, 2.45) is 0 Å². The van der Waals surface area contributed by atoms with E-state index in [0.29, 0.717) is 46.9 Å². The third-order valence-electron chi connectivity index (χ3n) is 3.67. The first kappa shape index (κ1) is 21.0. The standard InChI is InChI=1S/C20H20ClN3O4S/c1-3-26-13-9-10-17(27-4-2)16(11-13)22-18(25)12-29-20-24-23-19(28-20)14-7-5-6-8-15(14)21/h5-11H,3-4,12H2,1-2H3,(H,22,25). The van der Waals surface area contributed by atoms with Crippen molar-refractivity contribution in [1.82, 2.24) is 10.2 Å². The molecular formula is C20H20ClN3O4S. The maximum atomic E-state index is 12.4. The van der Waals surface area contributed by atoms with Gasteiger partial charge >= 0.3 is 0 Å². The van der Waals surface area contributed by atoms with Gasteiger partial charge in [-0.3, -0.25) is 4.79 Å². The van der Waals surface area contributed by atoms with Gasteiger partial charge in [0.1, 0.15) is 11.5 Å². The molecule has 1 N–H and O–H groups in total. The SMILES string of the molecule is CCOc1ccc(OCC)c(NC(=O)CSc2nnc(-c3ccccc3Cl)o2)c1. The minimum absolute atomic E-state index is 0.0918. The summed E-state index contributed by atoms with van der Waals surface area (Å²) in [6, 6.07) is 12.5. The van der Waals surface area contributed by atoms with Crippen molar-refractivity contribution in [3.63, 3.8) is 0 Å². The molecule has 152 valence electrons. The molecule has 0 aliphatic heterocycles. The highest BCUT2D eigenvalue weighted by Crippen LogP contribution is 2.31. The highest BCUT2D eigenvalue weighted by atomic mass is 35.5. The van der Waals surface area contributed by atoms with Crippen LogP contribution in [0.15, 0.2) is 52.1 Å². The first-order valence-electron chi connectivity index (χ1n) is 9.01. The summed E-state index contributed by atoms with van der Waals surface area (Å²) in [5, 5.41) is 11.6. The number of rotatable bonds is 9. The van der Waals surface area contributed by atoms with Crippen LogP contribution in [0.4, 0.5) is 5.69 Å². The minimum atomic E-state index is -0.234. The molecule has 0 fully saturated rings. The summed E-state index contributed by atoms with van der Waals surface area (Å²) < 4.78 is 16.7. The number of amides is 1. The van der Waals surface area contributed by atoms with Crippen LogP contribution < -0.4 is 14.8 Å². The van der Waals surface area contributed by atoms with Gasteiger partial charge in [-0.1, -0.05) is 35.5 Å². The molecule has 3 rings (SSSR count). The molecule has 9 heteroatoms. The van der Waals surface area contributed by atoms with Crippen LogP contribution in [0.1, 0.15) is 13.8 Å². The Kier molecular flexibility index (Phi) is 7.37. The first-order valence-corrected chi connectivity index (χ1v) is 10.4. The number of hydrogen-bond donors (Lipinski definition) is 1. The van der Waals surface area contributed by atoms with Crippen molar-refractivity contribution in [1.29, 1.82) is 0 Å². The molecule has 1 amide bonds. The Bertz CT molecular complexity index is 980. The van der Waals surface area contributed by atoms with Crippen molar-refractivity contribution in [3.05, 3.63) is 47.5 Å². The lowest BCUT2D eigenvalue weighted by Gasteiger charge is -2.13. The lowest BCUT2D eigenvalue weighted by atomic mass is 10.2. The Morgan fingerprint density at radius 2 is 1.93 bits per heavy atom. The van der Waals surface area contributed by atoms with Crippen LogP contribution in [0.5, 0.6) is 11.5 Å². The quantitative estimate of drug-likeness (QED) is 0.479. The number of hydrogen-bond acceptors (Lipinski definition) is 7. The van der Waals surface area contributed by atoms with Crippen molar-refractivity contribution >= 4 is 35.0 Å². The molecule has 0 saturated heterocycles. The summed E-state index contributed by atoms with van der Waals surface area (Å²) in [5.41, 5.74) is 1.19. The maximum absolute atomic E-state index is 12.4. The van der Waals surface area contributed by atoms with Gasteiger partial charge in [-0.15, -0.1) is 10.2 Å². The van der Waals surface area contributed by atoms with Crippen LogP contribution in [-0.2, 0) is 4.79 Å². The molecule has 0 aliphatic carbocycles. The Morgan fingerprint density at radius 1 is 1.14 bits per heavy atom. The summed E-state index contributed by atoms with van der Waals surface area (Å²) in [4.78, 5) is 12.4. The van der Waals surface area contributed by atoms with Gasteiger partial charge in [0.05, 0.1) is 35.2 Å². The number of ether oxygens (including phenoxy) is 2. The molecule has 7 nitrogen and oxygen atoms in total. The molecule has 0 unspecified atom stereocenters. The Labute approximate surface area is 177 Å². The molecular weight excluding hydrogens is 414 g/mol. The third kappa shape index (κ3) is 5.65. The zero-order chi connectivity index (χ0) is 20.6. The van der Waals surface area contributed by atoms with Gasteiger partial charge < -0.3 is 19.2 Å². The highest BCUT2D eigenvalue weighted by molar-refractivity contribution is 7.99. The number of benzene rings is 2. The molecule has 0 saturated carbocycles. The summed E-state index contributed by atoms with van der Waals surface area (Å²) >= 11 is 7.28. The fourth-order valence-corrected chi connectivity index (χ4v) is 3.25. The minimum Gasteiger partial charge on any atom is -0.494 e. The largest absolute Gasteiger partial charge is 0.494 e. The number of nitrogens with zero attached hydrogens (tertiary/aromatic N) is 2. The van der Waals surface area contributed by atoms with Gasteiger partial charge in [-0.25, -0.2) is 0 Å². The van der Waals surface area contributed by atoms with E-state index < -0.39 is 0 Å². The molecule has 0 spiro atoms. The van der Waals surface area contributed by atoms with Gasteiger partial charge in [-0.2, -0.15) is 0 Å². The van der Waals surface area contributed by atoms with Gasteiger partial charge in [0.2, 0.25) is 11.8 Å². The number of carbonyl (C=O) groups is 1. The number of thioether (sulfide) groups is 1. The van der Waals surface area contributed by atoms with Crippen LogP contribution in [0.2, 0.25) is 5.02 Å². The van der Waals surface area contributed by atoms with Crippen LogP contribution in [-0.4, -0.2) is 35.1 Å². The number of halogens is 1. The zero-order valence-corrected chi connectivity index (χ0v) is 17.5. The number of anilines is 1. The molecule has 1 aromatic heterocycles. The number of nitrogens with one attached hydrogen (secondary N) is 1. The van der Waals surface area contributed by atoms with Gasteiger partial charge in [0.25, 0.3) is 5.22 Å². The highest BCUT2D eigenvalue weighted by Gasteiger charge is 2.15. The number of aromatic nitrogens is 2. The molecule has 0 aliphatic rings. The predicted octanol–water partition coefficient (Wildman–Crippen LogP) is 4.92. The van der Waals surface area contributed by atoms with E-state index in [-0.39, 0.29) is 16.9 Å². The lowest BCUT2D eigenvalue weighted by Crippen LogP contribution is -2.15. The van der Waals surface area contributed by atoms with E-state index in [2.05, 4.69) is 15.5 Å². The Morgan fingerprint density at radius 3 is 2.69 bits per heavy atom. The molecule has 2 aromatic carbocycles. The summed E-state index contributed by atoms with van der Waals surface area (Å²) in [6.45, 7) is 4.79. The summed E-state index contributed by atoms with van der Waals surface area (Å²) in [7, 11) is 0. The second-order valence-corrected chi connectivity index (χ2v) is 7.05. The van der Waals surface area contributed by atoms with Gasteiger partial charge in [0.15, 0.2) is 0 Å². The molecule has 3 aromatic rings. The predicted molar refractivity (Wildman–Crippen MR) is 113 cm³/mol. The Balaban J connectivity index is 1.63. The fourth-order valence-electron chi connectivity index (χ4n) is 2.47. The van der Waals surface area contributed by atoms with E-state index >= 15 is 0 Å². The van der Waals surface area contributed by atoms with Crippen molar-refractivity contribution in [2.75, 3.05) is 24.3 Å². The average molecular weight is 434 g/mol. The van der Waals surface area contributed by atoms with Crippen LogP contribution in [0.25, 0.3) is 11.5 Å². The molecule has 1 heterocycles. The van der Waals surface area contributed by atoms with E-state index in [1.807, 2.05) is 26.0 Å².